The molecule has 2 N–H and O–H groups in total. The first-order valence-corrected chi connectivity index (χ1v) is 9.33. The number of hydrogen-bond donors (Lipinski definition) is 2. The molecule has 0 unspecified atom stereocenters. The van der Waals surface area contributed by atoms with Gasteiger partial charge in [-0.3, -0.25) is 19.7 Å². The first kappa shape index (κ1) is 23.0. The number of nitro benzene ring substituents is 1. The minimum absolute atomic E-state index is 0.0171. The average Bonchev–Trinajstić information content (AvgIpc) is 2.71. The highest BCUT2D eigenvalue weighted by Gasteiger charge is 2.26. The zero-order valence-corrected chi connectivity index (χ0v) is 17.6. The Kier molecular flexibility index (Phi) is 7.60. The summed E-state index contributed by atoms with van der Waals surface area (Å²) in [6.07, 6.45) is 0. The van der Waals surface area contributed by atoms with Crippen LogP contribution in [0.5, 0.6) is 11.5 Å². The number of methoxy groups -OCH3 is 2. The molecule has 2 rings (SSSR count). The fourth-order valence-electron chi connectivity index (χ4n) is 2.68. The van der Waals surface area contributed by atoms with Crippen molar-refractivity contribution in [1.82, 2.24) is 5.32 Å². The van der Waals surface area contributed by atoms with Crippen LogP contribution in [-0.4, -0.2) is 37.0 Å². The van der Waals surface area contributed by atoms with Crippen LogP contribution in [-0.2, 0) is 4.79 Å². The predicted molar refractivity (Wildman–Crippen MR) is 112 cm³/mol. The van der Waals surface area contributed by atoms with Crippen molar-refractivity contribution in [3.8, 4) is 11.5 Å². The van der Waals surface area contributed by atoms with Crippen molar-refractivity contribution in [2.45, 2.75) is 19.9 Å². The predicted octanol–water partition coefficient (Wildman–Crippen LogP) is 3.66. The van der Waals surface area contributed by atoms with Gasteiger partial charge < -0.3 is 20.1 Å². The smallest absolute Gasteiger partial charge is 0.288 e. The lowest BCUT2D eigenvalue weighted by Crippen LogP contribution is -2.47. The SMILES string of the molecule is COc1ccc(OC)c(NC(=O)[C@@H](NC(=O)c2ccc(Cl)c([N+](=O)[O-])c2)C(C)C)c1. The number of anilines is 1. The van der Waals surface area contributed by atoms with Crippen LogP contribution in [0.4, 0.5) is 11.4 Å². The number of nitro groups is 1. The molecule has 0 saturated carbocycles. The van der Waals surface area contributed by atoms with E-state index in [0.29, 0.717) is 17.2 Å². The van der Waals surface area contributed by atoms with Crippen LogP contribution < -0.4 is 20.1 Å². The minimum Gasteiger partial charge on any atom is -0.497 e. The van der Waals surface area contributed by atoms with E-state index < -0.39 is 28.5 Å². The molecule has 0 fully saturated rings. The molecule has 10 heteroatoms. The molecule has 2 amide bonds. The van der Waals surface area contributed by atoms with Gasteiger partial charge in [0.2, 0.25) is 5.91 Å². The second-order valence-corrected chi connectivity index (χ2v) is 7.08. The van der Waals surface area contributed by atoms with Gasteiger partial charge in [-0.05, 0) is 30.2 Å². The van der Waals surface area contributed by atoms with Crippen molar-refractivity contribution in [3.63, 3.8) is 0 Å². The maximum absolute atomic E-state index is 12.9. The van der Waals surface area contributed by atoms with E-state index in [4.69, 9.17) is 21.1 Å². The number of rotatable bonds is 8. The molecule has 0 heterocycles. The summed E-state index contributed by atoms with van der Waals surface area (Å²) in [6, 6.07) is 7.69. The first-order valence-electron chi connectivity index (χ1n) is 8.95. The van der Waals surface area contributed by atoms with E-state index in [-0.39, 0.29) is 16.5 Å². The topological polar surface area (TPSA) is 120 Å². The number of amides is 2. The Morgan fingerprint density at radius 3 is 2.37 bits per heavy atom. The Morgan fingerprint density at radius 2 is 1.80 bits per heavy atom. The lowest BCUT2D eigenvalue weighted by atomic mass is 10.0. The van der Waals surface area contributed by atoms with Crippen LogP contribution in [0.25, 0.3) is 0 Å². The fraction of sp³-hybridized carbons (Fsp3) is 0.300. The zero-order chi connectivity index (χ0) is 22.4. The molecule has 160 valence electrons. The van der Waals surface area contributed by atoms with E-state index in [1.807, 2.05) is 0 Å². The van der Waals surface area contributed by atoms with Crippen molar-refractivity contribution in [2.24, 2.45) is 5.92 Å². The molecule has 0 saturated heterocycles. The molecule has 1 atom stereocenters. The van der Waals surface area contributed by atoms with E-state index in [2.05, 4.69) is 10.6 Å². The van der Waals surface area contributed by atoms with E-state index in [9.17, 15) is 19.7 Å². The number of halogens is 1. The maximum Gasteiger partial charge on any atom is 0.288 e. The number of hydrogen-bond acceptors (Lipinski definition) is 6. The summed E-state index contributed by atoms with van der Waals surface area (Å²) in [7, 11) is 2.96. The van der Waals surface area contributed by atoms with Gasteiger partial charge in [0, 0.05) is 17.7 Å². The van der Waals surface area contributed by atoms with Crippen LogP contribution in [0, 0.1) is 16.0 Å². The molecule has 0 bridgehead atoms. The molecule has 0 spiro atoms. The second-order valence-electron chi connectivity index (χ2n) is 6.67. The summed E-state index contributed by atoms with van der Waals surface area (Å²) >= 11 is 5.79. The molecule has 30 heavy (non-hydrogen) atoms. The molecular weight excluding hydrogens is 414 g/mol. The number of ether oxygens (including phenoxy) is 2. The molecule has 0 radical (unpaired) electrons. The third-order valence-corrected chi connectivity index (χ3v) is 4.62. The number of nitrogens with one attached hydrogen (secondary N) is 2. The van der Waals surface area contributed by atoms with Gasteiger partial charge in [0.1, 0.15) is 22.6 Å². The minimum atomic E-state index is -0.914. The third-order valence-electron chi connectivity index (χ3n) is 4.31. The normalized spacial score (nSPS) is 11.5. The molecule has 9 nitrogen and oxygen atoms in total. The highest BCUT2D eigenvalue weighted by atomic mass is 35.5. The van der Waals surface area contributed by atoms with Crippen LogP contribution in [0.15, 0.2) is 36.4 Å². The van der Waals surface area contributed by atoms with E-state index in [1.54, 1.807) is 32.0 Å². The van der Waals surface area contributed by atoms with Crippen LogP contribution in [0.1, 0.15) is 24.2 Å². The molecule has 0 aliphatic rings. The van der Waals surface area contributed by atoms with Crippen LogP contribution in [0.2, 0.25) is 5.02 Å². The zero-order valence-electron chi connectivity index (χ0n) is 16.9. The number of carbonyl (C=O) groups excluding carboxylic acids is 2. The summed E-state index contributed by atoms with van der Waals surface area (Å²) in [6.45, 7) is 3.52. The van der Waals surface area contributed by atoms with Gasteiger partial charge in [-0.15, -0.1) is 0 Å². The largest absolute Gasteiger partial charge is 0.497 e. The first-order chi connectivity index (χ1) is 14.2. The molecule has 0 aliphatic carbocycles. The summed E-state index contributed by atoms with van der Waals surface area (Å²) in [5.74, 6) is -0.446. The van der Waals surface area contributed by atoms with Crippen molar-refractivity contribution in [2.75, 3.05) is 19.5 Å². The van der Waals surface area contributed by atoms with Gasteiger partial charge in [-0.25, -0.2) is 0 Å². The van der Waals surface area contributed by atoms with Gasteiger partial charge in [-0.1, -0.05) is 25.4 Å². The number of nitrogens with zero attached hydrogens (tertiary/aromatic N) is 1. The maximum atomic E-state index is 12.9. The number of carbonyl (C=O) groups is 2. The Hall–Kier alpha value is -3.33. The van der Waals surface area contributed by atoms with E-state index in [0.717, 1.165) is 6.07 Å². The van der Waals surface area contributed by atoms with Crippen LogP contribution >= 0.6 is 11.6 Å². The van der Waals surface area contributed by atoms with Gasteiger partial charge in [0.25, 0.3) is 11.6 Å². The van der Waals surface area contributed by atoms with Crippen LogP contribution in [0.3, 0.4) is 0 Å². The van der Waals surface area contributed by atoms with Crippen molar-refractivity contribution < 1.29 is 24.0 Å². The third kappa shape index (κ3) is 5.38. The van der Waals surface area contributed by atoms with Gasteiger partial charge in [0.15, 0.2) is 0 Å². The van der Waals surface area contributed by atoms with Crippen molar-refractivity contribution in [1.29, 1.82) is 0 Å². The number of benzene rings is 2. The highest BCUT2D eigenvalue weighted by molar-refractivity contribution is 6.32. The summed E-state index contributed by atoms with van der Waals surface area (Å²) in [5, 5.41) is 16.3. The molecule has 0 aliphatic heterocycles. The summed E-state index contributed by atoms with van der Waals surface area (Å²) < 4.78 is 10.4. The van der Waals surface area contributed by atoms with Gasteiger partial charge in [0.05, 0.1) is 24.8 Å². The second kappa shape index (κ2) is 9.93. The summed E-state index contributed by atoms with van der Waals surface area (Å²) in [5.41, 5.74) is 0.00312. The molecule has 2 aromatic carbocycles. The van der Waals surface area contributed by atoms with Crippen molar-refractivity contribution >= 4 is 34.8 Å². The highest BCUT2D eigenvalue weighted by Crippen LogP contribution is 2.29. The van der Waals surface area contributed by atoms with E-state index in [1.165, 1.54) is 26.4 Å². The molecule has 2 aromatic rings. The van der Waals surface area contributed by atoms with E-state index >= 15 is 0 Å². The summed E-state index contributed by atoms with van der Waals surface area (Å²) in [4.78, 5) is 35.9. The Bertz CT molecular complexity index is 964. The van der Waals surface area contributed by atoms with Crippen molar-refractivity contribution in [3.05, 3.63) is 57.1 Å². The van der Waals surface area contributed by atoms with Gasteiger partial charge >= 0.3 is 0 Å². The Morgan fingerprint density at radius 1 is 1.10 bits per heavy atom. The fourth-order valence-corrected chi connectivity index (χ4v) is 2.86. The Labute approximate surface area is 178 Å². The molecule has 0 aromatic heterocycles. The average molecular weight is 436 g/mol. The van der Waals surface area contributed by atoms with Gasteiger partial charge in [-0.2, -0.15) is 0 Å². The standard InChI is InChI=1S/C20H22ClN3O6/c1-11(2)18(20(26)22-15-10-13(29-3)6-8-17(15)30-4)23-19(25)12-5-7-14(21)16(9-12)24(27)28/h5-11,18H,1-4H3,(H,22,26)(H,23,25)/t18-/m0/s1. The monoisotopic (exact) mass is 435 g/mol. The lowest BCUT2D eigenvalue weighted by molar-refractivity contribution is -0.384. The Balaban J connectivity index is 2.24. The molecular formula is C20H22ClN3O6. The lowest BCUT2D eigenvalue weighted by Gasteiger charge is -2.22. The quantitative estimate of drug-likeness (QED) is 0.482.